The van der Waals surface area contributed by atoms with Gasteiger partial charge in [0.1, 0.15) is 10.7 Å². The summed E-state index contributed by atoms with van der Waals surface area (Å²) in [6.45, 7) is 1.45. The molecule has 27 heavy (non-hydrogen) atoms. The minimum absolute atomic E-state index is 0.00676. The van der Waals surface area contributed by atoms with Gasteiger partial charge in [-0.2, -0.15) is 11.8 Å². The fraction of sp³-hybridized carbons (Fsp3) is 0.235. The highest BCUT2D eigenvalue weighted by molar-refractivity contribution is 7.99. The van der Waals surface area contributed by atoms with Crippen molar-refractivity contribution in [3.05, 3.63) is 52.8 Å². The number of carboxylic acids is 1. The minimum atomic E-state index is -4.10. The first-order chi connectivity index (χ1) is 12.8. The van der Waals surface area contributed by atoms with E-state index in [9.17, 15) is 22.7 Å². The van der Waals surface area contributed by atoms with Crippen LogP contribution in [0.15, 0.2) is 41.3 Å². The molecule has 1 aliphatic rings. The third kappa shape index (κ3) is 4.48. The van der Waals surface area contributed by atoms with Crippen LogP contribution in [0.2, 0.25) is 5.02 Å². The monoisotopic (exact) mass is 430 g/mol. The molecule has 2 aromatic carbocycles. The third-order valence-corrected chi connectivity index (χ3v) is 6.82. The zero-order chi connectivity index (χ0) is 19.6. The molecule has 1 saturated heterocycles. The summed E-state index contributed by atoms with van der Waals surface area (Å²) in [7, 11) is -4.10. The summed E-state index contributed by atoms with van der Waals surface area (Å²) in [4.78, 5) is 13.3. The molecule has 0 aromatic heterocycles. The van der Waals surface area contributed by atoms with Crippen LogP contribution in [-0.4, -0.2) is 44.1 Å². The molecule has 2 aromatic rings. The average Bonchev–Trinajstić information content (AvgIpc) is 2.61. The van der Waals surface area contributed by atoms with Crippen LogP contribution in [0.3, 0.4) is 0 Å². The third-order valence-electron chi connectivity index (χ3n) is 4.01. The molecule has 0 saturated carbocycles. The number of hydrogen-bond donors (Lipinski definition) is 2. The Morgan fingerprint density at radius 2 is 1.89 bits per heavy atom. The Hall–Kier alpha value is -1.97. The van der Waals surface area contributed by atoms with Crippen molar-refractivity contribution in [3.63, 3.8) is 0 Å². The van der Waals surface area contributed by atoms with E-state index in [2.05, 4.69) is 4.72 Å². The van der Waals surface area contributed by atoms with E-state index in [0.29, 0.717) is 5.69 Å². The molecule has 0 radical (unpaired) electrons. The molecule has 1 aliphatic heterocycles. The Kier molecular flexibility index (Phi) is 5.83. The quantitative estimate of drug-likeness (QED) is 0.754. The number of sulfonamides is 1. The van der Waals surface area contributed by atoms with Gasteiger partial charge in [0.2, 0.25) is 0 Å². The van der Waals surface area contributed by atoms with Crippen molar-refractivity contribution < 1.29 is 22.7 Å². The van der Waals surface area contributed by atoms with Gasteiger partial charge in [0.05, 0.1) is 16.3 Å². The molecule has 6 nitrogen and oxygen atoms in total. The first-order valence-corrected chi connectivity index (χ1v) is 11.0. The summed E-state index contributed by atoms with van der Waals surface area (Å²) < 4.78 is 40.5. The van der Waals surface area contributed by atoms with Crippen LogP contribution in [0.5, 0.6) is 0 Å². The Balaban J connectivity index is 1.93. The summed E-state index contributed by atoms with van der Waals surface area (Å²) >= 11 is 7.63. The highest BCUT2D eigenvalue weighted by Crippen LogP contribution is 2.29. The van der Waals surface area contributed by atoms with E-state index >= 15 is 0 Å². The van der Waals surface area contributed by atoms with Gasteiger partial charge in [-0.25, -0.2) is 17.6 Å². The van der Waals surface area contributed by atoms with Crippen molar-refractivity contribution in [1.82, 2.24) is 0 Å². The molecular weight excluding hydrogens is 415 g/mol. The molecule has 144 valence electrons. The van der Waals surface area contributed by atoms with Gasteiger partial charge in [-0.05, 0) is 36.4 Å². The number of benzene rings is 2. The summed E-state index contributed by atoms with van der Waals surface area (Å²) in [5, 5.41) is 9.28. The van der Waals surface area contributed by atoms with Crippen molar-refractivity contribution in [2.45, 2.75) is 4.90 Å². The Morgan fingerprint density at radius 1 is 1.19 bits per heavy atom. The standard InChI is InChI=1S/C17H16ClFN2O4S2/c18-14-9-11(19)1-4-16(14)27(24,25)20-12-2-3-15(13(10-12)17(22)23)21-5-7-26-8-6-21/h1-4,9-10,20H,5-8H2,(H,22,23). The van der Waals surface area contributed by atoms with Crippen molar-refractivity contribution in [1.29, 1.82) is 0 Å². The van der Waals surface area contributed by atoms with Gasteiger partial charge < -0.3 is 10.0 Å². The summed E-state index contributed by atoms with van der Waals surface area (Å²) in [5.74, 6) is -0.00670. The van der Waals surface area contributed by atoms with Crippen molar-refractivity contribution in [2.24, 2.45) is 0 Å². The second-order valence-corrected chi connectivity index (χ2v) is 9.10. The SMILES string of the molecule is O=C(O)c1cc(NS(=O)(=O)c2ccc(F)cc2Cl)ccc1N1CCSCC1. The maximum absolute atomic E-state index is 13.2. The number of halogens is 2. The van der Waals surface area contributed by atoms with E-state index in [1.807, 2.05) is 4.90 Å². The first-order valence-electron chi connectivity index (χ1n) is 7.96. The molecule has 2 N–H and O–H groups in total. The van der Waals surface area contributed by atoms with Crippen LogP contribution in [-0.2, 0) is 10.0 Å². The van der Waals surface area contributed by atoms with E-state index in [4.69, 9.17) is 11.6 Å². The number of rotatable bonds is 5. The maximum atomic E-state index is 13.2. The van der Waals surface area contributed by atoms with Gasteiger partial charge in [-0.3, -0.25) is 4.72 Å². The molecule has 0 amide bonds. The van der Waals surface area contributed by atoms with Crippen molar-refractivity contribution in [3.8, 4) is 0 Å². The number of nitrogens with zero attached hydrogens (tertiary/aromatic N) is 1. The molecule has 10 heteroatoms. The van der Waals surface area contributed by atoms with Crippen LogP contribution in [0.1, 0.15) is 10.4 Å². The lowest BCUT2D eigenvalue weighted by Gasteiger charge is -2.29. The van der Waals surface area contributed by atoms with E-state index < -0.39 is 21.8 Å². The molecule has 0 spiro atoms. The van der Waals surface area contributed by atoms with Gasteiger partial charge in [0.25, 0.3) is 10.0 Å². The summed E-state index contributed by atoms with van der Waals surface area (Å²) in [6.07, 6.45) is 0. The van der Waals surface area contributed by atoms with Crippen molar-refractivity contribution in [2.75, 3.05) is 34.2 Å². The number of thioether (sulfide) groups is 1. The van der Waals surface area contributed by atoms with Crippen LogP contribution < -0.4 is 9.62 Å². The fourth-order valence-corrected chi connectivity index (χ4v) is 5.24. The molecule has 1 heterocycles. The van der Waals surface area contributed by atoms with Gasteiger partial charge in [-0.1, -0.05) is 11.6 Å². The first kappa shape index (κ1) is 19.8. The van der Waals surface area contributed by atoms with Gasteiger partial charge >= 0.3 is 5.97 Å². The molecule has 1 fully saturated rings. The molecule has 0 atom stereocenters. The number of carbonyl (C=O) groups is 1. The van der Waals surface area contributed by atoms with Gasteiger partial charge in [-0.15, -0.1) is 0 Å². The second-order valence-electron chi connectivity index (χ2n) is 5.82. The van der Waals surface area contributed by atoms with Crippen LogP contribution in [0.4, 0.5) is 15.8 Å². The number of hydrogen-bond acceptors (Lipinski definition) is 5. The maximum Gasteiger partial charge on any atom is 0.337 e. The molecule has 0 unspecified atom stereocenters. The Bertz CT molecular complexity index is 979. The zero-order valence-corrected chi connectivity index (χ0v) is 16.4. The molecule has 0 bridgehead atoms. The van der Waals surface area contributed by atoms with Crippen molar-refractivity contribution >= 4 is 50.7 Å². The highest BCUT2D eigenvalue weighted by Gasteiger charge is 2.22. The number of aromatic carboxylic acids is 1. The number of anilines is 2. The topological polar surface area (TPSA) is 86.7 Å². The molecule has 3 rings (SSSR count). The Morgan fingerprint density at radius 3 is 2.52 bits per heavy atom. The van der Waals surface area contributed by atoms with Gasteiger partial charge in [0.15, 0.2) is 0 Å². The predicted octanol–water partition coefficient (Wildman–Crippen LogP) is 3.53. The lowest BCUT2D eigenvalue weighted by Crippen LogP contribution is -2.33. The lowest BCUT2D eigenvalue weighted by atomic mass is 10.1. The normalized spacial score (nSPS) is 14.8. The largest absolute Gasteiger partial charge is 0.478 e. The van der Waals surface area contributed by atoms with E-state index in [1.165, 1.54) is 12.1 Å². The predicted molar refractivity (Wildman–Crippen MR) is 105 cm³/mol. The summed E-state index contributed by atoms with van der Waals surface area (Å²) in [6, 6.07) is 7.30. The lowest BCUT2D eigenvalue weighted by molar-refractivity contribution is 0.0697. The molecule has 0 aliphatic carbocycles. The van der Waals surface area contributed by atoms with E-state index in [0.717, 1.165) is 42.8 Å². The van der Waals surface area contributed by atoms with E-state index in [-0.39, 0.29) is 21.2 Å². The molecular formula is C17H16ClFN2O4S2. The van der Waals surface area contributed by atoms with Crippen LogP contribution in [0.25, 0.3) is 0 Å². The van der Waals surface area contributed by atoms with Crippen LogP contribution in [0, 0.1) is 5.82 Å². The second kappa shape index (κ2) is 7.95. The zero-order valence-electron chi connectivity index (χ0n) is 14.0. The number of carboxylic acid groups (broad SMARTS) is 1. The number of nitrogens with one attached hydrogen (secondary N) is 1. The van der Waals surface area contributed by atoms with Gasteiger partial charge in [0, 0.05) is 30.3 Å². The fourth-order valence-electron chi connectivity index (χ4n) is 2.75. The smallest absolute Gasteiger partial charge is 0.337 e. The minimum Gasteiger partial charge on any atom is -0.478 e. The average molecular weight is 431 g/mol. The van der Waals surface area contributed by atoms with Crippen LogP contribution >= 0.6 is 23.4 Å². The highest BCUT2D eigenvalue weighted by atomic mass is 35.5. The summed E-state index contributed by atoms with van der Waals surface area (Å²) in [5.41, 5.74) is 0.640. The van der Waals surface area contributed by atoms with E-state index in [1.54, 1.807) is 17.8 Å². The Labute approximate surface area is 165 Å².